The molecule has 1 saturated heterocycles. The van der Waals surface area contributed by atoms with E-state index in [-0.39, 0.29) is 0 Å². The first-order chi connectivity index (χ1) is 9.69. The quantitative estimate of drug-likeness (QED) is 0.802. The van der Waals surface area contributed by atoms with E-state index in [2.05, 4.69) is 34.1 Å². The van der Waals surface area contributed by atoms with Gasteiger partial charge >= 0.3 is 0 Å². The fraction of sp³-hybridized carbons (Fsp3) is 0.800. The predicted molar refractivity (Wildman–Crippen MR) is 82.1 cm³/mol. The lowest BCUT2D eigenvalue weighted by Crippen LogP contribution is -2.46. The van der Waals surface area contributed by atoms with Gasteiger partial charge in [-0.3, -0.25) is 4.90 Å². The number of hydrogen-bond donors (Lipinski definition) is 0. The van der Waals surface area contributed by atoms with E-state index in [1.54, 1.807) is 11.3 Å². The smallest absolute Gasteiger partial charge is 0.107 e. The number of thiazole rings is 1. The van der Waals surface area contributed by atoms with Gasteiger partial charge in [-0.15, -0.1) is 11.3 Å². The van der Waals surface area contributed by atoms with E-state index in [9.17, 15) is 0 Å². The van der Waals surface area contributed by atoms with Crippen LogP contribution >= 0.6 is 11.3 Å². The summed E-state index contributed by atoms with van der Waals surface area (Å²) < 4.78 is 5.92. The first-order valence-electron chi connectivity index (χ1n) is 7.62. The van der Waals surface area contributed by atoms with Crippen molar-refractivity contribution < 1.29 is 4.74 Å². The van der Waals surface area contributed by atoms with Crippen LogP contribution in [0.3, 0.4) is 0 Å². The first kappa shape index (κ1) is 14.4. The number of rotatable bonds is 6. The van der Waals surface area contributed by atoms with Gasteiger partial charge in [-0.1, -0.05) is 0 Å². The van der Waals surface area contributed by atoms with E-state index in [0.29, 0.717) is 6.10 Å². The number of hydrogen-bond acceptors (Lipinski definition) is 5. The fourth-order valence-electron chi connectivity index (χ4n) is 2.86. The van der Waals surface area contributed by atoms with Crippen molar-refractivity contribution in [3.05, 3.63) is 16.1 Å². The van der Waals surface area contributed by atoms with Gasteiger partial charge in [0, 0.05) is 37.3 Å². The number of likely N-dealkylation sites (N-methyl/N-ethyl adjacent to an activating group) is 1. The van der Waals surface area contributed by atoms with E-state index in [0.717, 1.165) is 44.4 Å². The topological polar surface area (TPSA) is 28.6 Å². The number of nitrogens with zero attached hydrogens (tertiary/aromatic N) is 3. The average Bonchev–Trinajstić information content (AvgIpc) is 3.11. The maximum Gasteiger partial charge on any atom is 0.107 e. The second-order valence-corrected chi connectivity index (χ2v) is 7.22. The molecule has 2 aliphatic rings. The predicted octanol–water partition coefficient (Wildman–Crippen LogP) is 1.99. The first-order valence-corrected chi connectivity index (χ1v) is 8.50. The zero-order chi connectivity index (χ0) is 13.9. The zero-order valence-corrected chi connectivity index (χ0v) is 13.4. The molecule has 112 valence electrons. The molecule has 1 aliphatic carbocycles. The summed E-state index contributed by atoms with van der Waals surface area (Å²) in [6.45, 7) is 8.26. The maximum atomic E-state index is 5.92. The van der Waals surface area contributed by atoms with Crippen LogP contribution in [-0.4, -0.2) is 60.7 Å². The Morgan fingerprint density at radius 1 is 1.45 bits per heavy atom. The van der Waals surface area contributed by atoms with Gasteiger partial charge in [-0.05, 0) is 32.7 Å². The second-order valence-electron chi connectivity index (χ2n) is 6.28. The van der Waals surface area contributed by atoms with Crippen molar-refractivity contribution in [1.82, 2.24) is 14.8 Å². The molecule has 2 heterocycles. The van der Waals surface area contributed by atoms with Crippen molar-refractivity contribution in [2.75, 3.05) is 39.8 Å². The highest BCUT2D eigenvalue weighted by Crippen LogP contribution is 2.29. The molecule has 1 aromatic heterocycles. The van der Waals surface area contributed by atoms with Gasteiger partial charge in [-0.2, -0.15) is 0 Å². The Balaban J connectivity index is 1.45. The van der Waals surface area contributed by atoms with Gasteiger partial charge in [-0.25, -0.2) is 4.98 Å². The van der Waals surface area contributed by atoms with Crippen molar-refractivity contribution in [2.24, 2.45) is 5.92 Å². The molecule has 1 atom stereocenters. The summed E-state index contributed by atoms with van der Waals surface area (Å²) >= 11 is 1.77. The molecule has 0 amide bonds. The SMILES string of the molecule is Cc1csc(CN2CCO[C@@H](CN(C)CC3CC3)C2)n1. The Hall–Kier alpha value is -0.490. The van der Waals surface area contributed by atoms with Crippen LogP contribution in [0.4, 0.5) is 0 Å². The van der Waals surface area contributed by atoms with Gasteiger partial charge in [0.1, 0.15) is 5.01 Å². The molecule has 1 aliphatic heterocycles. The summed E-state index contributed by atoms with van der Waals surface area (Å²) in [6, 6.07) is 0. The van der Waals surface area contributed by atoms with Crippen LogP contribution in [0.1, 0.15) is 23.5 Å². The summed E-state index contributed by atoms with van der Waals surface area (Å²) in [7, 11) is 2.23. The van der Waals surface area contributed by atoms with Crippen LogP contribution < -0.4 is 0 Å². The Bertz CT molecular complexity index is 433. The Kier molecular flexibility index (Phi) is 4.71. The monoisotopic (exact) mass is 295 g/mol. The van der Waals surface area contributed by atoms with Crippen molar-refractivity contribution in [3.8, 4) is 0 Å². The molecule has 2 fully saturated rings. The molecule has 1 saturated carbocycles. The number of aromatic nitrogens is 1. The molecule has 5 heteroatoms. The summed E-state index contributed by atoms with van der Waals surface area (Å²) in [4.78, 5) is 9.49. The molecule has 0 spiro atoms. The van der Waals surface area contributed by atoms with Crippen molar-refractivity contribution >= 4 is 11.3 Å². The lowest BCUT2D eigenvalue weighted by atomic mass is 10.2. The Morgan fingerprint density at radius 3 is 3.00 bits per heavy atom. The maximum absolute atomic E-state index is 5.92. The third kappa shape index (κ3) is 4.25. The standard InChI is InChI=1S/C15H25N3OS/c1-12-11-20-15(16-12)10-18-5-6-19-14(9-18)8-17(2)7-13-3-4-13/h11,13-14H,3-10H2,1-2H3/t14-/m0/s1. The number of ether oxygens (including phenoxy) is 1. The highest BCUT2D eigenvalue weighted by atomic mass is 32.1. The highest BCUT2D eigenvalue weighted by molar-refractivity contribution is 7.09. The molecule has 3 rings (SSSR count). The normalized spacial score (nSPS) is 24.4. The summed E-state index contributed by atoms with van der Waals surface area (Å²) in [5, 5.41) is 3.37. The van der Waals surface area contributed by atoms with Crippen molar-refractivity contribution in [2.45, 2.75) is 32.4 Å². The molecule has 0 radical (unpaired) electrons. The second kappa shape index (κ2) is 6.52. The van der Waals surface area contributed by atoms with Gasteiger partial charge in [0.2, 0.25) is 0 Å². The van der Waals surface area contributed by atoms with Gasteiger partial charge < -0.3 is 9.64 Å². The van der Waals surface area contributed by atoms with Crippen LogP contribution in [-0.2, 0) is 11.3 Å². The Labute approximate surface area is 125 Å². The molecular formula is C15H25N3OS. The van der Waals surface area contributed by atoms with Gasteiger partial charge in [0.15, 0.2) is 0 Å². The van der Waals surface area contributed by atoms with E-state index < -0.39 is 0 Å². The highest BCUT2D eigenvalue weighted by Gasteiger charge is 2.26. The molecule has 4 nitrogen and oxygen atoms in total. The fourth-order valence-corrected chi connectivity index (χ4v) is 3.68. The number of morpholine rings is 1. The molecule has 1 aromatic rings. The van der Waals surface area contributed by atoms with Crippen molar-refractivity contribution in [3.63, 3.8) is 0 Å². The minimum Gasteiger partial charge on any atom is -0.374 e. The van der Waals surface area contributed by atoms with Crippen LogP contribution in [0.25, 0.3) is 0 Å². The third-order valence-electron chi connectivity index (χ3n) is 4.03. The minimum absolute atomic E-state index is 0.355. The molecule has 0 unspecified atom stereocenters. The Morgan fingerprint density at radius 2 is 2.30 bits per heavy atom. The van der Waals surface area contributed by atoms with Crippen molar-refractivity contribution in [1.29, 1.82) is 0 Å². The van der Waals surface area contributed by atoms with Crippen LogP contribution in [0.15, 0.2) is 5.38 Å². The molecular weight excluding hydrogens is 270 g/mol. The summed E-state index contributed by atoms with van der Waals surface area (Å²) in [6.07, 6.45) is 3.20. The minimum atomic E-state index is 0.355. The lowest BCUT2D eigenvalue weighted by Gasteiger charge is -2.34. The number of aryl methyl sites for hydroxylation is 1. The van der Waals surface area contributed by atoms with Crippen LogP contribution in [0.5, 0.6) is 0 Å². The molecule has 0 aromatic carbocycles. The van der Waals surface area contributed by atoms with Crippen LogP contribution in [0, 0.1) is 12.8 Å². The summed E-state index contributed by atoms with van der Waals surface area (Å²) in [5.74, 6) is 0.956. The van der Waals surface area contributed by atoms with Crippen LogP contribution in [0.2, 0.25) is 0 Å². The van der Waals surface area contributed by atoms with E-state index >= 15 is 0 Å². The molecule has 0 bridgehead atoms. The lowest BCUT2D eigenvalue weighted by molar-refractivity contribution is -0.0434. The zero-order valence-electron chi connectivity index (χ0n) is 12.5. The average molecular weight is 295 g/mol. The molecule has 0 N–H and O–H groups in total. The van der Waals surface area contributed by atoms with Gasteiger partial charge in [0.25, 0.3) is 0 Å². The largest absolute Gasteiger partial charge is 0.374 e. The summed E-state index contributed by atoms with van der Waals surface area (Å²) in [5.41, 5.74) is 1.14. The van der Waals surface area contributed by atoms with Gasteiger partial charge in [0.05, 0.1) is 19.3 Å². The molecule has 20 heavy (non-hydrogen) atoms. The van der Waals surface area contributed by atoms with E-state index in [1.165, 1.54) is 24.4 Å². The third-order valence-corrected chi connectivity index (χ3v) is 4.98. The van der Waals surface area contributed by atoms with E-state index in [4.69, 9.17) is 4.74 Å². The van der Waals surface area contributed by atoms with E-state index in [1.807, 2.05) is 0 Å².